The molecule has 0 unspecified atom stereocenters. The lowest BCUT2D eigenvalue weighted by atomic mass is 10.1. The fraction of sp³-hybridized carbons (Fsp3) is 0.208. The van der Waals surface area contributed by atoms with Crippen LogP contribution in [-0.2, 0) is 4.74 Å². The Morgan fingerprint density at radius 1 is 1.06 bits per heavy atom. The number of aromatic nitrogens is 1. The molecule has 33 heavy (non-hydrogen) atoms. The van der Waals surface area contributed by atoms with Gasteiger partial charge in [0.2, 0.25) is 5.88 Å². The van der Waals surface area contributed by atoms with Gasteiger partial charge in [-0.3, -0.25) is 10.1 Å². The van der Waals surface area contributed by atoms with E-state index in [0.29, 0.717) is 35.1 Å². The molecule has 1 aromatic heterocycles. The smallest absolute Gasteiger partial charge is 0.411 e. The maximum atomic E-state index is 12.8. The van der Waals surface area contributed by atoms with Crippen LogP contribution in [0, 0.1) is 0 Å². The standard InChI is InChI=1S/C24H27N5O4/c1-29(2)13-14-33-24(31)27-18-9-6-16(7-10-18)22(30)28-21-15-17(8-11-20(21)25)19-5-4-12-26-23(19)32-3/h4-12,15H,13-14,25H2,1-3H3,(H,27,31)(H,28,30). The van der Waals surface area contributed by atoms with E-state index in [2.05, 4.69) is 15.6 Å². The predicted molar refractivity (Wildman–Crippen MR) is 129 cm³/mol. The first kappa shape index (κ1) is 23.6. The molecular weight excluding hydrogens is 422 g/mol. The Balaban J connectivity index is 1.67. The monoisotopic (exact) mass is 449 g/mol. The van der Waals surface area contributed by atoms with E-state index in [1.54, 1.807) is 55.8 Å². The van der Waals surface area contributed by atoms with Gasteiger partial charge in [-0.15, -0.1) is 0 Å². The van der Waals surface area contributed by atoms with Crippen LogP contribution in [0.15, 0.2) is 60.8 Å². The van der Waals surface area contributed by atoms with E-state index < -0.39 is 6.09 Å². The van der Waals surface area contributed by atoms with Crippen molar-refractivity contribution >= 4 is 29.1 Å². The summed E-state index contributed by atoms with van der Waals surface area (Å²) < 4.78 is 10.4. The third kappa shape index (κ3) is 6.44. The number of nitrogen functional groups attached to an aromatic ring is 1. The van der Waals surface area contributed by atoms with Crippen LogP contribution in [0.3, 0.4) is 0 Å². The number of hydrogen-bond donors (Lipinski definition) is 3. The quantitative estimate of drug-likeness (QED) is 0.449. The zero-order valence-corrected chi connectivity index (χ0v) is 18.8. The van der Waals surface area contributed by atoms with Crippen LogP contribution in [0.2, 0.25) is 0 Å². The van der Waals surface area contributed by atoms with Crippen molar-refractivity contribution in [3.63, 3.8) is 0 Å². The van der Waals surface area contributed by atoms with E-state index in [1.165, 1.54) is 0 Å². The SMILES string of the molecule is COc1ncccc1-c1ccc(N)c(NC(=O)c2ccc(NC(=O)OCCN(C)C)cc2)c1. The summed E-state index contributed by atoms with van der Waals surface area (Å²) in [5.74, 6) is 0.139. The van der Waals surface area contributed by atoms with Gasteiger partial charge >= 0.3 is 6.09 Å². The molecule has 3 rings (SSSR count). The summed E-state index contributed by atoms with van der Waals surface area (Å²) in [5.41, 5.74) is 9.48. The molecule has 0 radical (unpaired) electrons. The molecule has 0 aliphatic carbocycles. The van der Waals surface area contributed by atoms with Crippen LogP contribution < -0.4 is 21.1 Å². The van der Waals surface area contributed by atoms with E-state index >= 15 is 0 Å². The average Bonchev–Trinajstić information content (AvgIpc) is 2.80. The number of nitrogens with one attached hydrogen (secondary N) is 2. The minimum Gasteiger partial charge on any atom is -0.481 e. The Morgan fingerprint density at radius 2 is 1.82 bits per heavy atom. The highest BCUT2D eigenvalue weighted by molar-refractivity contribution is 6.06. The molecule has 0 saturated heterocycles. The first-order valence-corrected chi connectivity index (χ1v) is 10.3. The van der Waals surface area contributed by atoms with Crippen LogP contribution in [0.25, 0.3) is 11.1 Å². The Bertz CT molecular complexity index is 1120. The number of likely N-dealkylation sites (N-methyl/N-ethyl adjacent to an activating group) is 1. The van der Waals surface area contributed by atoms with Crippen molar-refractivity contribution in [1.29, 1.82) is 0 Å². The van der Waals surface area contributed by atoms with Crippen LogP contribution in [0.4, 0.5) is 21.9 Å². The van der Waals surface area contributed by atoms with Crippen molar-refractivity contribution in [3.05, 3.63) is 66.4 Å². The van der Waals surface area contributed by atoms with Gasteiger partial charge in [-0.05, 0) is 68.2 Å². The van der Waals surface area contributed by atoms with E-state index in [4.69, 9.17) is 15.2 Å². The van der Waals surface area contributed by atoms with Crippen molar-refractivity contribution < 1.29 is 19.1 Å². The number of nitrogens with zero attached hydrogens (tertiary/aromatic N) is 2. The topological polar surface area (TPSA) is 119 Å². The fourth-order valence-corrected chi connectivity index (χ4v) is 2.98. The van der Waals surface area contributed by atoms with Crippen LogP contribution in [-0.4, -0.2) is 56.2 Å². The van der Waals surface area contributed by atoms with Gasteiger partial charge in [0.05, 0.1) is 18.5 Å². The number of pyridine rings is 1. The maximum Gasteiger partial charge on any atom is 0.411 e. The molecule has 0 aliphatic heterocycles. The van der Waals surface area contributed by atoms with E-state index in [0.717, 1.165) is 11.1 Å². The van der Waals surface area contributed by atoms with Gasteiger partial charge < -0.3 is 25.4 Å². The molecule has 3 aromatic rings. The Kier molecular flexibility index (Phi) is 7.82. The first-order valence-electron chi connectivity index (χ1n) is 10.3. The van der Waals surface area contributed by atoms with E-state index in [9.17, 15) is 9.59 Å². The van der Waals surface area contributed by atoms with Crippen LogP contribution in [0.5, 0.6) is 5.88 Å². The van der Waals surface area contributed by atoms with Gasteiger partial charge in [-0.25, -0.2) is 9.78 Å². The number of benzene rings is 2. The van der Waals surface area contributed by atoms with Crippen molar-refractivity contribution in [2.75, 3.05) is 50.7 Å². The summed E-state index contributed by atoms with van der Waals surface area (Å²) in [5, 5.41) is 5.46. The van der Waals surface area contributed by atoms with Gasteiger partial charge in [0.15, 0.2) is 0 Å². The molecule has 0 spiro atoms. The highest BCUT2D eigenvalue weighted by Gasteiger charge is 2.12. The predicted octanol–water partition coefficient (Wildman–Crippen LogP) is 3.70. The molecule has 0 bridgehead atoms. The summed E-state index contributed by atoms with van der Waals surface area (Å²) in [6.45, 7) is 0.912. The number of anilines is 3. The van der Waals surface area contributed by atoms with Crippen LogP contribution >= 0.6 is 0 Å². The van der Waals surface area contributed by atoms with Gasteiger partial charge in [0.1, 0.15) is 6.61 Å². The van der Waals surface area contributed by atoms with Crippen molar-refractivity contribution in [2.45, 2.75) is 0 Å². The Morgan fingerprint density at radius 3 is 2.52 bits per heavy atom. The van der Waals surface area contributed by atoms with E-state index in [-0.39, 0.29) is 12.5 Å². The molecular formula is C24H27N5O4. The molecule has 4 N–H and O–H groups in total. The second-order valence-electron chi connectivity index (χ2n) is 7.46. The summed E-state index contributed by atoms with van der Waals surface area (Å²) in [7, 11) is 5.34. The normalized spacial score (nSPS) is 10.5. The third-order valence-electron chi connectivity index (χ3n) is 4.74. The summed E-state index contributed by atoms with van der Waals surface area (Å²) in [6, 6.07) is 15.5. The molecule has 1 heterocycles. The summed E-state index contributed by atoms with van der Waals surface area (Å²) >= 11 is 0. The highest BCUT2D eigenvalue weighted by atomic mass is 16.5. The van der Waals surface area contributed by atoms with Crippen molar-refractivity contribution in [1.82, 2.24) is 9.88 Å². The molecule has 172 valence electrons. The molecule has 0 atom stereocenters. The molecule has 9 nitrogen and oxygen atoms in total. The number of carbonyl (C=O) groups excluding carboxylic acids is 2. The summed E-state index contributed by atoms with van der Waals surface area (Å²) in [6.07, 6.45) is 1.09. The number of carbonyl (C=O) groups is 2. The number of rotatable bonds is 8. The zero-order valence-electron chi connectivity index (χ0n) is 18.8. The number of nitrogens with two attached hydrogens (primary N) is 1. The summed E-state index contributed by atoms with van der Waals surface area (Å²) in [4.78, 5) is 30.7. The number of methoxy groups -OCH3 is 1. The third-order valence-corrected chi connectivity index (χ3v) is 4.74. The van der Waals surface area contributed by atoms with Crippen LogP contribution in [0.1, 0.15) is 10.4 Å². The molecule has 0 saturated carbocycles. The van der Waals surface area contributed by atoms with E-state index in [1.807, 2.05) is 31.1 Å². The number of amides is 2. The lowest BCUT2D eigenvalue weighted by molar-refractivity contribution is 0.102. The van der Waals surface area contributed by atoms with Crippen molar-refractivity contribution in [2.24, 2.45) is 0 Å². The minimum atomic E-state index is -0.551. The van der Waals surface area contributed by atoms with Crippen molar-refractivity contribution in [3.8, 4) is 17.0 Å². The molecule has 2 aromatic carbocycles. The Hall–Kier alpha value is -4.11. The zero-order chi connectivity index (χ0) is 23.8. The lowest BCUT2D eigenvalue weighted by Gasteiger charge is -2.13. The molecule has 0 aliphatic rings. The second kappa shape index (κ2) is 11.0. The lowest BCUT2D eigenvalue weighted by Crippen LogP contribution is -2.22. The Labute approximate surface area is 192 Å². The van der Waals surface area contributed by atoms with Gasteiger partial charge in [0.25, 0.3) is 5.91 Å². The minimum absolute atomic E-state index is 0.282. The molecule has 9 heteroatoms. The van der Waals surface area contributed by atoms with Gasteiger partial charge in [-0.2, -0.15) is 0 Å². The van der Waals surface area contributed by atoms with Gasteiger partial charge in [-0.1, -0.05) is 6.07 Å². The number of ether oxygens (including phenoxy) is 2. The number of hydrogen-bond acceptors (Lipinski definition) is 7. The second-order valence-corrected chi connectivity index (χ2v) is 7.46. The largest absolute Gasteiger partial charge is 0.481 e. The fourth-order valence-electron chi connectivity index (χ4n) is 2.98. The average molecular weight is 450 g/mol. The molecule has 0 fully saturated rings. The maximum absolute atomic E-state index is 12.8. The van der Waals surface area contributed by atoms with Gasteiger partial charge in [0, 0.05) is 29.6 Å². The molecule has 2 amide bonds. The first-order chi connectivity index (χ1) is 15.9. The highest BCUT2D eigenvalue weighted by Crippen LogP contribution is 2.32.